The average Bonchev–Trinajstić information content (AvgIpc) is 3.20. The van der Waals surface area contributed by atoms with Crippen molar-refractivity contribution in [1.29, 1.82) is 0 Å². The third kappa shape index (κ3) is 2.91. The lowest BCUT2D eigenvalue weighted by Gasteiger charge is -2.24. The largest absolute Gasteiger partial charge is 0.496 e. The fourth-order valence-electron chi connectivity index (χ4n) is 4.09. The van der Waals surface area contributed by atoms with Crippen molar-refractivity contribution in [3.63, 3.8) is 0 Å². The van der Waals surface area contributed by atoms with Crippen LogP contribution in [0, 0.1) is 5.92 Å². The van der Waals surface area contributed by atoms with Gasteiger partial charge in [-0.25, -0.2) is 0 Å². The molecule has 0 saturated carbocycles. The molecule has 22 heavy (non-hydrogen) atoms. The average molecular weight is 301 g/mol. The Labute approximate surface area is 133 Å². The zero-order valence-electron chi connectivity index (χ0n) is 13.8. The van der Waals surface area contributed by atoms with Crippen LogP contribution in [0.2, 0.25) is 0 Å². The van der Waals surface area contributed by atoms with Crippen LogP contribution in [0.15, 0.2) is 18.2 Å². The SMILES string of the molecule is CCC(CN1CCCC1)C(=O)C1CCc2c(OC)cccc21. The summed E-state index contributed by atoms with van der Waals surface area (Å²) in [5, 5.41) is 0. The molecule has 2 aliphatic rings. The molecule has 3 heteroatoms. The molecule has 0 bridgehead atoms. The van der Waals surface area contributed by atoms with Gasteiger partial charge >= 0.3 is 0 Å². The second kappa shape index (κ2) is 6.82. The highest BCUT2D eigenvalue weighted by Gasteiger charge is 2.34. The van der Waals surface area contributed by atoms with E-state index in [0.717, 1.165) is 31.6 Å². The molecule has 3 rings (SSSR count). The Morgan fingerprint density at radius 1 is 1.36 bits per heavy atom. The topological polar surface area (TPSA) is 29.5 Å². The number of ketones is 1. The summed E-state index contributed by atoms with van der Waals surface area (Å²) in [5.74, 6) is 1.65. The van der Waals surface area contributed by atoms with Gasteiger partial charge in [-0.15, -0.1) is 0 Å². The lowest BCUT2D eigenvalue weighted by atomic mass is 9.86. The molecule has 1 heterocycles. The van der Waals surface area contributed by atoms with Crippen LogP contribution in [-0.4, -0.2) is 37.4 Å². The number of likely N-dealkylation sites (tertiary alicyclic amines) is 1. The molecule has 0 radical (unpaired) electrons. The van der Waals surface area contributed by atoms with E-state index in [1.54, 1.807) is 7.11 Å². The van der Waals surface area contributed by atoms with E-state index in [1.807, 2.05) is 12.1 Å². The molecule has 2 atom stereocenters. The Kier molecular flexibility index (Phi) is 4.82. The molecule has 1 aromatic rings. The third-order valence-corrected chi connectivity index (χ3v) is 5.36. The zero-order chi connectivity index (χ0) is 15.5. The van der Waals surface area contributed by atoms with Gasteiger partial charge in [0.05, 0.1) is 7.11 Å². The summed E-state index contributed by atoms with van der Waals surface area (Å²) in [6.45, 7) is 5.43. The number of carbonyl (C=O) groups excluding carboxylic acids is 1. The molecule has 0 amide bonds. The highest BCUT2D eigenvalue weighted by atomic mass is 16.5. The van der Waals surface area contributed by atoms with Crippen LogP contribution >= 0.6 is 0 Å². The van der Waals surface area contributed by atoms with E-state index in [1.165, 1.54) is 37.1 Å². The summed E-state index contributed by atoms with van der Waals surface area (Å²) >= 11 is 0. The smallest absolute Gasteiger partial charge is 0.144 e. The highest BCUT2D eigenvalue weighted by Crippen LogP contribution is 2.40. The second-order valence-electron chi connectivity index (χ2n) is 6.63. The zero-order valence-corrected chi connectivity index (χ0v) is 13.8. The molecular weight excluding hydrogens is 274 g/mol. The highest BCUT2D eigenvalue weighted by molar-refractivity contribution is 5.89. The van der Waals surface area contributed by atoms with Gasteiger partial charge in [0.25, 0.3) is 0 Å². The van der Waals surface area contributed by atoms with Crippen molar-refractivity contribution in [3.8, 4) is 5.75 Å². The molecule has 120 valence electrons. The fourth-order valence-corrected chi connectivity index (χ4v) is 4.09. The number of hydrogen-bond donors (Lipinski definition) is 0. The molecule has 1 aliphatic carbocycles. The first-order chi connectivity index (χ1) is 10.7. The maximum absolute atomic E-state index is 13.1. The molecule has 2 unspecified atom stereocenters. The number of rotatable bonds is 6. The van der Waals surface area contributed by atoms with E-state index >= 15 is 0 Å². The molecule has 1 aliphatic heterocycles. The first-order valence-corrected chi connectivity index (χ1v) is 8.66. The van der Waals surface area contributed by atoms with Crippen LogP contribution in [0.25, 0.3) is 0 Å². The Morgan fingerprint density at radius 3 is 2.82 bits per heavy atom. The number of fused-ring (bicyclic) bond motifs is 1. The summed E-state index contributed by atoms with van der Waals surface area (Å²) in [6.07, 6.45) is 5.44. The van der Waals surface area contributed by atoms with Gasteiger partial charge in [0.15, 0.2) is 0 Å². The molecule has 3 nitrogen and oxygen atoms in total. The normalized spacial score (nSPS) is 22.5. The third-order valence-electron chi connectivity index (χ3n) is 5.36. The minimum absolute atomic E-state index is 0.0812. The summed E-state index contributed by atoms with van der Waals surface area (Å²) < 4.78 is 5.46. The summed E-state index contributed by atoms with van der Waals surface area (Å²) in [5.41, 5.74) is 2.46. The van der Waals surface area contributed by atoms with Crippen molar-refractivity contribution in [3.05, 3.63) is 29.3 Å². The predicted molar refractivity (Wildman–Crippen MR) is 88.5 cm³/mol. The second-order valence-corrected chi connectivity index (χ2v) is 6.63. The quantitative estimate of drug-likeness (QED) is 0.806. The minimum Gasteiger partial charge on any atom is -0.496 e. The summed E-state index contributed by atoms with van der Waals surface area (Å²) in [7, 11) is 1.72. The van der Waals surface area contributed by atoms with Gasteiger partial charge < -0.3 is 9.64 Å². The molecule has 0 spiro atoms. The summed E-state index contributed by atoms with van der Waals surface area (Å²) in [6, 6.07) is 6.15. The van der Waals surface area contributed by atoms with E-state index < -0.39 is 0 Å². The number of Topliss-reactive ketones (excluding diaryl/α,β-unsaturated/α-hetero) is 1. The van der Waals surface area contributed by atoms with Crippen LogP contribution in [0.3, 0.4) is 0 Å². The van der Waals surface area contributed by atoms with Gasteiger partial charge in [-0.05, 0) is 62.4 Å². The van der Waals surface area contributed by atoms with E-state index in [0.29, 0.717) is 5.78 Å². The van der Waals surface area contributed by atoms with Gasteiger partial charge in [-0.1, -0.05) is 19.1 Å². The fraction of sp³-hybridized carbons (Fsp3) is 0.632. The Bertz CT molecular complexity index is 534. The predicted octanol–water partition coefficient (Wildman–Crippen LogP) is 3.42. The number of carbonyl (C=O) groups is 1. The standard InChI is InChI=1S/C19H27NO2/c1-3-14(13-20-11-4-5-12-20)19(21)17-10-9-16-15(17)7-6-8-18(16)22-2/h6-8,14,17H,3-5,9-13H2,1-2H3. The molecule has 0 N–H and O–H groups in total. The minimum atomic E-state index is 0.0812. The number of hydrogen-bond acceptors (Lipinski definition) is 3. The maximum Gasteiger partial charge on any atom is 0.144 e. The van der Waals surface area contributed by atoms with Crippen molar-refractivity contribution >= 4 is 5.78 Å². The van der Waals surface area contributed by atoms with Crippen molar-refractivity contribution in [2.75, 3.05) is 26.7 Å². The van der Waals surface area contributed by atoms with Crippen molar-refractivity contribution < 1.29 is 9.53 Å². The molecule has 1 fully saturated rings. The monoisotopic (exact) mass is 301 g/mol. The van der Waals surface area contributed by atoms with Crippen molar-refractivity contribution in [1.82, 2.24) is 4.90 Å². The number of benzene rings is 1. The summed E-state index contributed by atoms with van der Waals surface area (Å²) in [4.78, 5) is 15.5. The van der Waals surface area contributed by atoms with Crippen molar-refractivity contribution in [2.24, 2.45) is 5.92 Å². The number of methoxy groups -OCH3 is 1. The van der Waals surface area contributed by atoms with E-state index in [-0.39, 0.29) is 11.8 Å². The van der Waals surface area contributed by atoms with Crippen LogP contribution in [0.5, 0.6) is 5.75 Å². The van der Waals surface area contributed by atoms with Gasteiger partial charge in [-0.3, -0.25) is 4.79 Å². The lowest BCUT2D eigenvalue weighted by Crippen LogP contribution is -2.33. The molecule has 0 aromatic heterocycles. The first kappa shape index (κ1) is 15.5. The van der Waals surface area contributed by atoms with Crippen LogP contribution in [-0.2, 0) is 11.2 Å². The Morgan fingerprint density at radius 2 is 2.14 bits per heavy atom. The molecule has 1 aromatic carbocycles. The lowest BCUT2D eigenvalue weighted by molar-refractivity contribution is -0.125. The number of ether oxygens (including phenoxy) is 1. The van der Waals surface area contributed by atoms with Gasteiger partial charge in [-0.2, -0.15) is 0 Å². The van der Waals surface area contributed by atoms with E-state index in [4.69, 9.17) is 4.74 Å². The van der Waals surface area contributed by atoms with Crippen LogP contribution < -0.4 is 4.74 Å². The van der Waals surface area contributed by atoms with Gasteiger partial charge in [0.1, 0.15) is 11.5 Å². The maximum atomic E-state index is 13.1. The van der Waals surface area contributed by atoms with Crippen LogP contribution in [0.1, 0.15) is 49.7 Å². The Balaban J connectivity index is 1.75. The van der Waals surface area contributed by atoms with E-state index in [9.17, 15) is 4.79 Å². The van der Waals surface area contributed by atoms with Gasteiger partial charge in [0.2, 0.25) is 0 Å². The first-order valence-electron chi connectivity index (χ1n) is 8.66. The molecular formula is C19H27NO2. The number of nitrogens with zero attached hydrogens (tertiary/aromatic N) is 1. The van der Waals surface area contributed by atoms with Crippen molar-refractivity contribution in [2.45, 2.75) is 44.9 Å². The Hall–Kier alpha value is -1.35. The van der Waals surface area contributed by atoms with Gasteiger partial charge in [0, 0.05) is 18.4 Å². The van der Waals surface area contributed by atoms with Crippen LogP contribution in [0.4, 0.5) is 0 Å². The molecule has 1 saturated heterocycles. The van der Waals surface area contributed by atoms with E-state index in [2.05, 4.69) is 17.9 Å².